The number of piperidine rings is 2. The molecule has 4 nitrogen and oxygen atoms in total. The Labute approximate surface area is 170 Å². The molecule has 1 aliphatic carbocycles. The SMILES string of the molecule is C=C(C)CNC(=O)[C@@H]1CCCN(C2CCN(C3Cc4ccccc4C3)CC2)C1. The highest BCUT2D eigenvalue weighted by atomic mass is 16.1. The van der Waals surface area contributed by atoms with Crippen LogP contribution in [-0.2, 0) is 17.6 Å². The molecule has 1 aromatic carbocycles. The first-order valence-corrected chi connectivity index (χ1v) is 11.1. The monoisotopic (exact) mass is 381 g/mol. The number of benzene rings is 1. The van der Waals surface area contributed by atoms with Crippen molar-refractivity contribution in [2.24, 2.45) is 5.92 Å². The van der Waals surface area contributed by atoms with E-state index in [9.17, 15) is 4.79 Å². The molecular formula is C24H35N3O. The lowest BCUT2D eigenvalue weighted by Crippen LogP contribution is -2.52. The number of nitrogens with zero attached hydrogens (tertiary/aromatic N) is 2. The molecule has 2 heterocycles. The van der Waals surface area contributed by atoms with E-state index in [1.54, 1.807) is 11.1 Å². The molecule has 2 aliphatic heterocycles. The van der Waals surface area contributed by atoms with Gasteiger partial charge in [-0.25, -0.2) is 0 Å². The minimum atomic E-state index is 0.149. The van der Waals surface area contributed by atoms with E-state index in [-0.39, 0.29) is 11.8 Å². The lowest BCUT2D eigenvalue weighted by atomic mass is 9.92. The van der Waals surface area contributed by atoms with Crippen molar-refractivity contribution in [3.63, 3.8) is 0 Å². The van der Waals surface area contributed by atoms with Crippen LogP contribution in [0.2, 0.25) is 0 Å². The van der Waals surface area contributed by atoms with E-state index < -0.39 is 0 Å². The fraction of sp³-hybridized carbons (Fsp3) is 0.625. The molecule has 1 N–H and O–H groups in total. The largest absolute Gasteiger partial charge is 0.352 e. The first-order chi connectivity index (χ1) is 13.6. The highest BCUT2D eigenvalue weighted by Crippen LogP contribution is 2.29. The third-order valence-electron chi connectivity index (χ3n) is 6.95. The Morgan fingerprint density at radius 1 is 1.04 bits per heavy atom. The van der Waals surface area contributed by atoms with Crippen LogP contribution in [0.4, 0.5) is 0 Å². The van der Waals surface area contributed by atoms with Crippen molar-refractivity contribution in [3.8, 4) is 0 Å². The smallest absolute Gasteiger partial charge is 0.224 e. The average molecular weight is 382 g/mol. The van der Waals surface area contributed by atoms with Gasteiger partial charge in [-0.1, -0.05) is 36.4 Å². The van der Waals surface area contributed by atoms with Crippen LogP contribution in [0.3, 0.4) is 0 Å². The summed E-state index contributed by atoms with van der Waals surface area (Å²) >= 11 is 0. The lowest BCUT2D eigenvalue weighted by Gasteiger charge is -2.43. The van der Waals surface area contributed by atoms with Crippen LogP contribution < -0.4 is 5.32 Å². The van der Waals surface area contributed by atoms with Gasteiger partial charge in [-0.2, -0.15) is 0 Å². The van der Waals surface area contributed by atoms with E-state index in [4.69, 9.17) is 0 Å². The zero-order valence-electron chi connectivity index (χ0n) is 17.3. The summed E-state index contributed by atoms with van der Waals surface area (Å²) in [5.41, 5.74) is 4.12. The molecule has 152 valence electrons. The quantitative estimate of drug-likeness (QED) is 0.797. The molecule has 3 aliphatic rings. The van der Waals surface area contributed by atoms with Gasteiger partial charge in [0, 0.05) is 25.2 Å². The fourth-order valence-corrected chi connectivity index (χ4v) is 5.34. The molecule has 2 saturated heterocycles. The van der Waals surface area contributed by atoms with Crippen molar-refractivity contribution in [3.05, 3.63) is 47.5 Å². The normalized spacial score (nSPS) is 24.8. The summed E-state index contributed by atoms with van der Waals surface area (Å²) in [6.45, 7) is 10.9. The molecule has 28 heavy (non-hydrogen) atoms. The molecule has 0 saturated carbocycles. The van der Waals surface area contributed by atoms with Crippen molar-refractivity contribution >= 4 is 5.91 Å². The van der Waals surface area contributed by atoms with Gasteiger partial charge in [-0.15, -0.1) is 0 Å². The zero-order chi connectivity index (χ0) is 19.5. The lowest BCUT2D eigenvalue weighted by molar-refractivity contribution is -0.127. The van der Waals surface area contributed by atoms with E-state index >= 15 is 0 Å². The summed E-state index contributed by atoms with van der Waals surface area (Å²) in [5, 5.41) is 3.05. The second-order valence-electron chi connectivity index (χ2n) is 9.11. The van der Waals surface area contributed by atoms with Gasteiger partial charge >= 0.3 is 0 Å². The fourth-order valence-electron chi connectivity index (χ4n) is 5.34. The third-order valence-corrected chi connectivity index (χ3v) is 6.95. The summed E-state index contributed by atoms with van der Waals surface area (Å²) in [5.74, 6) is 0.365. The Hall–Kier alpha value is -1.65. The number of likely N-dealkylation sites (tertiary alicyclic amines) is 2. The number of carbonyl (C=O) groups is 1. The average Bonchev–Trinajstić information content (AvgIpc) is 3.16. The molecule has 0 aromatic heterocycles. The van der Waals surface area contributed by atoms with Crippen LogP contribution in [0.1, 0.15) is 43.7 Å². The second kappa shape index (κ2) is 8.79. The van der Waals surface area contributed by atoms with Gasteiger partial charge in [0.05, 0.1) is 5.92 Å². The van der Waals surface area contributed by atoms with Crippen molar-refractivity contribution in [2.45, 2.75) is 57.5 Å². The summed E-state index contributed by atoms with van der Waals surface area (Å²) in [4.78, 5) is 17.8. The summed E-state index contributed by atoms with van der Waals surface area (Å²) < 4.78 is 0. The minimum absolute atomic E-state index is 0.149. The molecule has 0 spiro atoms. The van der Waals surface area contributed by atoms with Gasteiger partial charge < -0.3 is 5.32 Å². The Bertz CT molecular complexity index is 683. The van der Waals surface area contributed by atoms with E-state index in [1.165, 1.54) is 38.8 Å². The van der Waals surface area contributed by atoms with Crippen LogP contribution in [0.15, 0.2) is 36.4 Å². The number of hydrogen-bond donors (Lipinski definition) is 1. The molecule has 4 heteroatoms. The summed E-state index contributed by atoms with van der Waals surface area (Å²) in [6, 6.07) is 10.3. The number of amides is 1. The number of nitrogens with one attached hydrogen (secondary N) is 1. The first kappa shape index (κ1) is 19.7. The molecule has 1 aromatic rings. The number of fused-ring (bicyclic) bond motifs is 1. The van der Waals surface area contributed by atoms with Crippen molar-refractivity contribution in [2.75, 3.05) is 32.7 Å². The zero-order valence-corrected chi connectivity index (χ0v) is 17.3. The van der Waals surface area contributed by atoms with E-state index in [2.05, 4.69) is 46.0 Å². The molecule has 0 radical (unpaired) electrons. The predicted molar refractivity (Wildman–Crippen MR) is 114 cm³/mol. The van der Waals surface area contributed by atoms with Crippen LogP contribution in [0.25, 0.3) is 0 Å². The second-order valence-corrected chi connectivity index (χ2v) is 9.11. The van der Waals surface area contributed by atoms with Gasteiger partial charge in [0.1, 0.15) is 0 Å². The first-order valence-electron chi connectivity index (χ1n) is 11.1. The maximum Gasteiger partial charge on any atom is 0.224 e. The summed E-state index contributed by atoms with van der Waals surface area (Å²) in [6.07, 6.45) is 7.09. The van der Waals surface area contributed by atoms with Crippen molar-refractivity contribution < 1.29 is 4.79 Å². The molecular weight excluding hydrogens is 346 g/mol. The van der Waals surface area contributed by atoms with E-state index in [0.717, 1.165) is 31.5 Å². The van der Waals surface area contributed by atoms with Crippen molar-refractivity contribution in [1.29, 1.82) is 0 Å². The van der Waals surface area contributed by atoms with E-state index in [1.807, 2.05) is 6.92 Å². The number of rotatable bonds is 5. The Kier molecular flexibility index (Phi) is 6.17. The Morgan fingerprint density at radius 2 is 1.71 bits per heavy atom. The standard InChI is InChI=1S/C24H35N3O/c1-18(2)16-25-24(28)21-8-5-11-27(17-21)22-9-12-26(13-10-22)23-14-19-6-3-4-7-20(19)15-23/h3-4,6-7,21-23H,1,5,8-17H2,2H3,(H,25,28)/t21-/m1/s1. The molecule has 2 fully saturated rings. The topological polar surface area (TPSA) is 35.6 Å². The van der Waals surface area contributed by atoms with Crippen LogP contribution in [0.5, 0.6) is 0 Å². The van der Waals surface area contributed by atoms with Crippen LogP contribution in [-0.4, -0.2) is 60.5 Å². The predicted octanol–water partition coefficient (Wildman–Crippen LogP) is 3.02. The molecule has 1 amide bonds. The Balaban J connectivity index is 1.26. The third kappa shape index (κ3) is 4.49. The Morgan fingerprint density at radius 3 is 2.36 bits per heavy atom. The molecule has 0 bridgehead atoms. The molecule has 0 unspecified atom stereocenters. The minimum Gasteiger partial charge on any atom is -0.352 e. The summed E-state index contributed by atoms with van der Waals surface area (Å²) in [7, 11) is 0. The molecule has 4 rings (SSSR count). The number of carbonyl (C=O) groups excluding carboxylic acids is 1. The van der Waals surface area contributed by atoms with Gasteiger partial charge in [0.15, 0.2) is 0 Å². The van der Waals surface area contributed by atoms with Crippen LogP contribution in [0, 0.1) is 5.92 Å². The van der Waals surface area contributed by atoms with Crippen molar-refractivity contribution in [1.82, 2.24) is 15.1 Å². The van der Waals surface area contributed by atoms with Gasteiger partial charge in [0.25, 0.3) is 0 Å². The highest BCUT2D eigenvalue weighted by Gasteiger charge is 2.34. The molecule has 1 atom stereocenters. The highest BCUT2D eigenvalue weighted by molar-refractivity contribution is 5.79. The maximum atomic E-state index is 12.5. The van der Waals surface area contributed by atoms with Gasteiger partial charge in [-0.3, -0.25) is 14.6 Å². The number of hydrogen-bond acceptors (Lipinski definition) is 3. The van der Waals surface area contributed by atoms with Gasteiger partial charge in [0.2, 0.25) is 5.91 Å². The maximum absolute atomic E-state index is 12.5. The van der Waals surface area contributed by atoms with E-state index in [0.29, 0.717) is 18.6 Å². The van der Waals surface area contributed by atoms with Gasteiger partial charge in [-0.05, 0) is 76.2 Å². The van der Waals surface area contributed by atoms with Crippen LogP contribution >= 0.6 is 0 Å².